The molecule has 0 atom stereocenters. The van der Waals surface area contributed by atoms with Gasteiger partial charge in [-0.3, -0.25) is 0 Å². The Kier molecular flexibility index (Phi) is 3.30. The van der Waals surface area contributed by atoms with Crippen LogP contribution in [0.2, 0.25) is 0 Å². The van der Waals surface area contributed by atoms with E-state index in [1.165, 1.54) is 10.8 Å². The fourth-order valence-corrected chi connectivity index (χ4v) is 2.35. The lowest BCUT2D eigenvalue weighted by molar-refractivity contribution is 0.469. The van der Waals surface area contributed by atoms with Crippen molar-refractivity contribution >= 4 is 16.5 Å². The monoisotopic (exact) mass is 263 g/mol. The molecule has 0 aromatic heterocycles. The highest BCUT2D eigenvalue weighted by atomic mass is 16.3. The first kappa shape index (κ1) is 12.5. The molecular weight excluding hydrogens is 246 g/mol. The second-order valence-corrected chi connectivity index (χ2v) is 5.05. The van der Waals surface area contributed by atoms with Gasteiger partial charge in [-0.05, 0) is 35.9 Å². The summed E-state index contributed by atoms with van der Waals surface area (Å²) in [6.45, 7) is 2.64. The summed E-state index contributed by atoms with van der Waals surface area (Å²) in [5.74, 6) is 0.337. The molecule has 0 aliphatic rings. The highest BCUT2D eigenvalue weighted by Crippen LogP contribution is 2.22. The molecule has 0 heterocycles. The largest absolute Gasteiger partial charge is 0.508 e. The number of rotatable bonds is 3. The average molecular weight is 263 g/mol. The van der Waals surface area contributed by atoms with Crippen molar-refractivity contribution in [3.05, 3.63) is 71.8 Å². The molecule has 0 bridgehead atoms. The molecule has 2 N–H and O–H groups in total. The number of nitrogens with one attached hydrogen (secondary N) is 1. The minimum Gasteiger partial charge on any atom is -0.508 e. The van der Waals surface area contributed by atoms with Gasteiger partial charge >= 0.3 is 0 Å². The minimum atomic E-state index is 0.337. The fourth-order valence-electron chi connectivity index (χ4n) is 2.35. The van der Waals surface area contributed by atoms with Crippen molar-refractivity contribution in [2.45, 2.75) is 13.5 Å². The number of phenolic OH excluding ortho intramolecular Hbond substituents is 1. The number of aromatic hydroxyl groups is 1. The molecule has 3 rings (SSSR count). The molecule has 0 fully saturated rings. The van der Waals surface area contributed by atoms with Crippen molar-refractivity contribution in [3.8, 4) is 5.75 Å². The second-order valence-electron chi connectivity index (χ2n) is 5.05. The minimum absolute atomic E-state index is 0.337. The molecule has 0 amide bonds. The van der Waals surface area contributed by atoms with E-state index >= 15 is 0 Å². The van der Waals surface area contributed by atoms with Gasteiger partial charge in [-0.15, -0.1) is 0 Å². The highest BCUT2D eigenvalue weighted by molar-refractivity contribution is 5.85. The van der Waals surface area contributed by atoms with Gasteiger partial charge in [0.25, 0.3) is 0 Å². The van der Waals surface area contributed by atoms with Gasteiger partial charge in [0.05, 0.1) is 0 Å². The maximum Gasteiger partial charge on any atom is 0.120 e. The molecular formula is C18H17NO. The summed E-state index contributed by atoms with van der Waals surface area (Å²) < 4.78 is 0. The second kappa shape index (κ2) is 5.25. The number of hydrogen-bond donors (Lipinski definition) is 2. The number of hydrogen-bond acceptors (Lipinski definition) is 2. The van der Waals surface area contributed by atoms with Crippen LogP contribution in [0.15, 0.2) is 60.7 Å². The van der Waals surface area contributed by atoms with Crippen LogP contribution in [0.5, 0.6) is 5.75 Å². The third-order valence-electron chi connectivity index (χ3n) is 3.47. The standard InChI is InChI=1S/C18H17NO/c1-13-6-9-18(20)16(10-13)12-19-17-8-7-14-4-2-3-5-15(14)11-17/h2-11,19-20H,12H2,1H3. The number of aryl methyl sites for hydroxylation is 1. The molecule has 3 aromatic rings. The van der Waals surface area contributed by atoms with Crippen molar-refractivity contribution in [1.29, 1.82) is 0 Å². The van der Waals surface area contributed by atoms with Crippen molar-refractivity contribution in [1.82, 2.24) is 0 Å². The normalized spacial score (nSPS) is 10.7. The van der Waals surface area contributed by atoms with Gasteiger partial charge in [-0.2, -0.15) is 0 Å². The van der Waals surface area contributed by atoms with Crippen LogP contribution in [0.1, 0.15) is 11.1 Å². The molecule has 20 heavy (non-hydrogen) atoms. The summed E-state index contributed by atoms with van der Waals surface area (Å²) in [4.78, 5) is 0. The lowest BCUT2D eigenvalue weighted by Gasteiger charge is -2.10. The lowest BCUT2D eigenvalue weighted by Crippen LogP contribution is -2.00. The molecule has 2 nitrogen and oxygen atoms in total. The number of phenols is 1. The Bertz CT molecular complexity index is 749. The van der Waals surface area contributed by atoms with E-state index < -0.39 is 0 Å². The Morgan fingerprint density at radius 3 is 2.55 bits per heavy atom. The summed E-state index contributed by atoms with van der Waals surface area (Å²) in [5, 5.41) is 15.7. The van der Waals surface area contributed by atoms with Crippen LogP contribution in [-0.2, 0) is 6.54 Å². The van der Waals surface area contributed by atoms with Crippen molar-refractivity contribution < 1.29 is 5.11 Å². The molecule has 0 saturated carbocycles. The smallest absolute Gasteiger partial charge is 0.120 e. The van der Waals surface area contributed by atoms with Crippen LogP contribution in [0.25, 0.3) is 10.8 Å². The van der Waals surface area contributed by atoms with Crippen LogP contribution in [0.3, 0.4) is 0 Å². The summed E-state index contributed by atoms with van der Waals surface area (Å²) in [6.07, 6.45) is 0. The Balaban J connectivity index is 1.81. The Morgan fingerprint density at radius 2 is 1.70 bits per heavy atom. The molecule has 0 unspecified atom stereocenters. The first-order valence-corrected chi connectivity index (χ1v) is 6.73. The van der Waals surface area contributed by atoms with Crippen molar-refractivity contribution in [3.63, 3.8) is 0 Å². The third kappa shape index (κ3) is 2.59. The van der Waals surface area contributed by atoms with Gasteiger partial charge in [-0.1, -0.05) is 48.0 Å². The molecule has 0 aliphatic heterocycles. The van der Waals surface area contributed by atoms with E-state index in [0.717, 1.165) is 16.8 Å². The topological polar surface area (TPSA) is 32.3 Å². The van der Waals surface area contributed by atoms with Gasteiger partial charge in [0.15, 0.2) is 0 Å². The Labute approximate surface area is 118 Å². The molecule has 100 valence electrons. The van der Waals surface area contributed by atoms with Crippen LogP contribution in [0.4, 0.5) is 5.69 Å². The number of benzene rings is 3. The predicted molar refractivity (Wildman–Crippen MR) is 84.1 cm³/mol. The SMILES string of the molecule is Cc1ccc(O)c(CNc2ccc3ccccc3c2)c1. The third-order valence-corrected chi connectivity index (χ3v) is 3.47. The lowest BCUT2D eigenvalue weighted by atomic mass is 10.1. The van der Waals surface area contributed by atoms with Crippen LogP contribution >= 0.6 is 0 Å². The summed E-state index contributed by atoms with van der Waals surface area (Å²) in [7, 11) is 0. The van der Waals surface area contributed by atoms with E-state index in [9.17, 15) is 5.11 Å². The van der Waals surface area contributed by atoms with E-state index in [0.29, 0.717) is 12.3 Å². The maximum atomic E-state index is 9.84. The zero-order valence-corrected chi connectivity index (χ0v) is 11.4. The summed E-state index contributed by atoms with van der Waals surface area (Å²) in [6, 6.07) is 20.2. The van der Waals surface area contributed by atoms with Gasteiger partial charge < -0.3 is 10.4 Å². The molecule has 0 spiro atoms. The van der Waals surface area contributed by atoms with Crippen LogP contribution < -0.4 is 5.32 Å². The van der Waals surface area contributed by atoms with Crippen LogP contribution in [-0.4, -0.2) is 5.11 Å². The van der Waals surface area contributed by atoms with E-state index in [4.69, 9.17) is 0 Å². The van der Waals surface area contributed by atoms with Crippen LogP contribution in [0, 0.1) is 6.92 Å². The Morgan fingerprint density at radius 1 is 0.900 bits per heavy atom. The zero-order chi connectivity index (χ0) is 13.9. The van der Waals surface area contributed by atoms with E-state index in [1.807, 2.05) is 31.2 Å². The molecule has 0 aliphatic carbocycles. The van der Waals surface area contributed by atoms with Gasteiger partial charge in [0.1, 0.15) is 5.75 Å². The van der Waals surface area contributed by atoms with E-state index in [1.54, 1.807) is 6.07 Å². The molecule has 3 aromatic carbocycles. The predicted octanol–water partition coefficient (Wildman–Crippen LogP) is 4.47. The first-order valence-electron chi connectivity index (χ1n) is 6.73. The average Bonchev–Trinajstić information content (AvgIpc) is 2.48. The Hall–Kier alpha value is -2.48. The number of fused-ring (bicyclic) bond motifs is 1. The highest BCUT2D eigenvalue weighted by Gasteiger charge is 2.02. The summed E-state index contributed by atoms with van der Waals surface area (Å²) in [5.41, 5.74) is 3.13. The van der Waals surface area contributed by atoms with Crippen molar-refractivity contribution in [2.75, 3.05) is 5.32 Å². The molecule has 2 heteroatoms. The zero-order valence-electron chi connectivity index (χ0n) is 11.4. The van der Waals surface area contributed by atoms with Crippen molar-refractivity contribution in [2.24, 2.45) is 0 Å². The molecule has 0 saturated heterocycles. The van der Waals surface area contributed by atoms with E-state index in [2.05, 4.69) is 35.6 Å². The summed E-state index contributed by atoms with van der Waals surface area (Å²) >= 11 is 0. The van der Waals surface area contributed by atoms with E-state index in [-0.39, 0.29) is 0 Å². The number of anilines is 1. The molecule has 0 radical (unpaired) electrons. The van der Waals surface area contributed by atoms with Gasteiger partial charge in [-0.25, -0.2) is 0 Å². The van der Waals surface area contributed by atoms with Gasteiger partial charge in [0, 0.05) is 17.8 Å². The van der Waals surface area contributed by atoms with Gasteiger partial charge in [0.2, 0.25) is 0 Å². The quantitative estimate of drug-likeness (QED) is 0.731. The maximum absolute atomic E-state index is 9.84. The first-order chi connectivity index (χ1) is 9.72. The fraction of sp³-hybridized carbons (Fsp3) is 0.111.